The molecule has 19 heavy (non-hydrogen) atoms. The summed E-state index contributed by atoms with van der Waals surface area (Å²) in [6.07, 6.45) is 6.92. The Morgan fingerprint density at radius 3 is 2.11 bits per heavy atom. The summed E-state index contributed by atoms with van der Waals surface area (Å²) >= 11 is 3.46. The van der Waals surface area contributed by atoms with Crippen LogP contribution in [0.3, 0.4) is 0 Å². The van der Waals surface area contributed by atoms with E-state index < -0.39 is 0 Å². The predicted molar refractivity (Wildman–Crippen MR) is 80.1 cm³/mol. The summed E-state index contributed by atoms with van der Waals surface area (Å²) in [5.74, 6) is 0.372. The molecule has 2 nitrogen and oxygen atoms in total. The second kappa shape index (κ2) is 5.28. The van der Waals surface area contributed by atoms with Gasteiger partial charge in [0.15, 0.2) is 0 Å². The van der Waals surface area contributed by atoms with Crippen LogP contribution < -0.4 is 0 Å². The highest BCUT2D eigenvalue weighted by Gasteiger charge is 2.52. The van der Waals surface area contributed by atoms with Gasteiger partial charge in [-0.05, 0) is 43.4 Å². The van der Waals surface area contributed by atoms with Gasteiger partial charge in [0.05, 0.1) is 5.41 Å². The molecule has 0 radical (unpaired) electrons. The van der Waals surface area contributed by atoms with Crippen molar-refractivity contribution in [1.82, 2.24) is 4.90 Å². The lowest BCUT2D eigenvalue weighted by Gasteiger charge is -2.26. The number of amides is 1. The molecule has 0 N–H and O–H groups in total. The first-order valence-electron chi connectivity index (χ1n) is 7.28. The maximum Gasteiger partial charge on any atom is 0.233 e. The zero-order chi connectivity index (χ0) is 13.3. The average molecular weight is 322 g/mol. The van der Waals surface area contributed by atoms with E-state index in [4.69, 9.17) is 0 Å². The van der Waals surface area contributed by atoms with Crippen molar-refractivity contribution in [2.75, 3.05) is 13.1 Å². The second-order valence-corrected chi connectivity index (χ2v) is 6.71. The van der Waals surface area contributed by atoms with Crippen LogP contribution in [0, 0.1) is 0 Å². The van der Waals surface area contributed by atoms with E-state index in [2.05, 4.69) is 33.0 Å². The van der Waals surface area contributed by atoms with Crippen molar-refractivity contribution in [3.8, 4) is 0 Å². The van der Waals surface area contributed by atoms with Crippen LogP contribution in [0.4, 0.5) is 0 Å². The molecule has 1 saturated heterocycles. The smallest absolute Gasteiger partial charge is 0.233 e. The van der Waals surface area contributed by atoms with E-state index in [1.165, 1.54) is 31.2 Å². The second-order valence-electron chi connectivity index (χ2n) is 5.80. The first kappa shape index (κ1) is 13.2. The highest BCUT2D eigenvalue weighted by molar-refractivity contribution is 9.10. The monoisotopic (exact) mass is 321 g/mol. The predicted octanol–water partition coefficient (Wildman–Crippen LogP) is 3.88. The number of likely N-dealkylation sites (tertiary alicyclic amines) is 1. The van der Waals surface area contributed by atoms with Gasteiger partial charge in [0.1, 0.15) is 0 Å². The van der Waals surface area contributed by atoms with Crippen LogP contribution in [0.5, 0.6) is 0 Å². The normalized spacial score (nSPS) is 21.8. The summed E-state index contributed by atoms with van der Waals surface area (Å²) in [7, 11) is 0. The number of carbonyl (C=O) groups excluding carboxylic acids is 1. The third kappa shape index (κ3) is 2.58. The molecular formula is C16H20BrNO. The molecule has 0 spiro atoms. The van der Waals surface area contributed by atoms with E-state index in [-0.39, 0.29) is 5.41 Å². The van der Waals surface area contributed by atoms with Crippen LogP contribution >= 0.6 is 15.9 Å². The lowest BCUT2D eigenvalue weighted by atomic mass is 9.94. The number of benzene rings is 1. The Hall–Kier alpha value is -0.830. The molecule has 1 amide bonds. The van der Waals surface area contributed by atoms with Gasteiger partial charge in [0.25, 0.3) is 0 Å². The standard InChI is InChI=1S/C16H20BrNO/c17-14-7-5-13(6-8-14)16(9-10-16)15(19)18-11-3-1-2-4-12-18/h5-8H,1-4,9-12H2. The van der Waals surface area contributed by atoms with Crippen LogP contribution in [-0.2, 0) is 10.2 Å². The molecule has 3 rings (SSSR count). The van der Waals surface area contributed by atoms with Crippen molar-refractivity contribution in [2.45, 2.75) is 43.9 Å². The molecule has 1 aliphatic carbocycles. The molecule has 0 atom stereocenters. The minimum absolute atomic E-state index is 0.189. The summed E-state index contributed by atoms with van der Waals surface area (Å²) < 4.78 is 1.08. The van der Waals surface area contributed by atoms with E-state index in [0.29, 0.717) is 5.91 Å². The molecule has 1 aromatic carbocycles. The minimum Gasteiger partial charge on any atom is -0.342 e. The Morgan fingerprint density at radius 1 is 1.00 bits per heavy atom. The molecule has 2 aliphatic rings. The van der Waals surface area contributed by atoms with Gasteiger partial charge >= 0.3 is 0 Å². The molecule has 0 aromatic heterocycles. The highest BCUT2D eigenvalue weighted by Crippen LogP contribution is 2.50. The van der Waals surface area contributed by atoms with E-state index in [1.54, 1.807) is 0 Å². The van der Waals surface area contributed by atoms with E-state index in [9.17, 15) is 4.79 Å². The lowest BCUT2D eigenvalue weighted by molar-refractivity contribution is -0.133. The van der Waals surface area contributed by atoms with Gasteiger partial charge in [-0.2, -0.15) is 0 Å². The molecule has 1 heterocycles. The van der Waals surface area contributed by atoms with Crippen LogP contribution in [-0.4, -0.2) is 23.9 Å². The number of hydrogen-bond donors (Lipinski definition) is 0. The molecule has 3 heteroatoms. The Labute approximate surface area is 123 Å². The summed E-state index contributed by atoms with van der Waals surface area (Å²) in [4.78, 5) is 14.9. The number of carbonyl (C=O) groups is 1. The summed E-state index contributed by atoms with van der Waals surface area (Å²) in [5, 5.41) is 0. The molecule has 1 saturated carbocycles. The fourth-order valence-electron chi connectivity index (χ4n) is 3.10. The Bertz CT molecular complexity index is 456. The molecular weight excluding hydrogens is 302 g/mol. The minimum atomic E-state index is -0.189. The van der Waals surface area contributed by atoms with Crippen molar-refractivity contribution in [1.29, 1.82) is 0 Å². The van der Waals surface area contributed by atoms with Gasteiger partial charge in [-0.15, -0.1) is 0 Å². The van der Waals surface area contributed by atoms with Crippen molar-refractivity contribution < 1.29 is 4.79 Å². The first-order valence-corrected chi connectivity index (χ1v) is 8.07. The molecule has 0 unspecified atom stereocenters. The molecule has 1 aromatic rings. The lowest BCUT2D eigenvalue weighted by Crippen LogP contribution is -2.39. The van der Waals surface area contributed by atoms with Crippen molar-refractivity contribution >= 4 is 21.8 Å². The number of rotatable bonds is 2. The van der Waals surface area contributed by atoms with Crippen molar-refractivity contribution in [3.05, 3.63) is 34.3 Å². The van der Waals surface area contributed by atoms with E-state index in [1.807, 2.05) is 12.1 Å². The van der Waals surface area contributed by atoms with Crippen LogP contribution in [0.2, 0.25) is 0 Å². The fourth-order valence-corrected chi connectivity index (χ4v) is 3.36. The number of nitrogens with zero attached hydrogens (tertiary/aromatic N) is 1. The van der Waals surface area contributed by atoms with Gasteiger partial charge in [0, 0.05) is 17.6 Å². The van der Waals surface area contributed by atoms with Crippen LogP contribution in [0.25, 0.3) is 0 Å². The van der Waals surface area contributed by atoms with Gasteiger partial charge in [-0.25, -0.2) is 0 Å². The van der Waals surface area contributed by atoms with Crippen LogP contribution in [0.1, 0.15) is 44.1 Å². The van der Waals surface area contributed by atoms with Gasteiger partial charge in [-0.3, -0.25) is 4.79 Å². The molecule has 0 bridgehead atoms. The number of hydrogen-bond acceptors (Lipinski definition) is 1. The maximum absolute atomic E-state index is 12.8. The third-order valence-electron chi connectivity index (χ3n) is 4.45. The quantitative estimate of drug-likeness (QED) is 0.809. The Kier molecular flexibility index (Phi) is 3.66. The summed E-state index contributed by atoms with van der Waals surface area (Å²) in [5.41, 5.74) is 1.01. The Balaban J connectivity index is 1.80. The number of halogens is 1. The van der Waals surface area contributed by atoms with Crippen molar-refractivity contribution in [2.24, 2.45) is 0 Å². The fraction of sp³-hybridized carbons (Fsp3) is 0.562. The molecule has 102 valence electrons. The maximum atomic E-state index is 12.8. The molecule has 2 fully saturated rings. The van der Waals surface area contributed by atoms with Gasteiger partial charge < -0.3 is 4.90 Å². The topological polar surface area (TPSA) is 20.3 Å². The highest BCUT2D eigenvalue weighted by atomic mass is 79.9. The van der Waals surface area contributed by atoms with Gasteiger partial charge in [-0.1, -0.05) is 40.9 Å². The van der Waals surface area contributed by atoms with Crippen LogP contribution in [0.15, 0.2) is 28.7 Å². The Morgan fingerprint density at radius 2 is 1.58 bits per heavy atom. The van der Waals surface area contributed by atoms with E-state index in [0.717, 1.165) is 30.4 Å². The van der Waals surface area contributed by atoms with Gasteiger partial charge in [0.2, 0.25) is 5.91 Å². The zero-order valence-electron chi connectivity index (χ0n) is 11.2. The zero-order valence-corrected chi connectivity index (χ0v) is 12.8. The average Bonchev–Trinajstić information content (AvgIpc) is 3.24. The molecule has 1 aliphatic heterocycles. The van der Waals surface area contributed by atoms with Crippen molar-refractivity contribution in [3.63, 3.8) is 0 Å². The van der Waals surface area contributed by atoms with E-state index >= 15 is 0 Å². The summed E-state index contributed by atoms with van der Waals surface area (Å²) in [6, 6.07) is 8.30. The summed E-state index contributed by atoms with van der Waals surface area (Å²) in [6.45, 7) is 1.91. The third-order valence-corrected chi connectivity index (χ3v) is 4.98. The SMILES string of the molecule is O=C(N1CCCCCC1)C1(c2ccc(Br)cc2)CC1. The first-order chi connectivity index (χ1) is 9.22. The largest absolute Gasteiger partial charge is 0.342 e.